The number of benzene rings is 2. The summed E-state index contributed by atoms with van der Waals surface area (Å²) < 4.78 is 30.1. The molecule has 0 spiro atoms. The van der Waals surface area contributed by atoms with Crippen LogP contribution >= 0.6 is 15.9 Å². The standard InChI is InChI=1S/C24H31N3O3.C17H23BrN2O2/c1-16(2)30-12-9-27-22-14-19(20-13-17(3)24(28)26(4)15-20)5-6-21(22)25-23(27)18-7-10-29-11-8-18;1-12(2)22-10-7-20-16-11-14(18)3-4-15(16)19-17(20)13-5-8-21-9-6-13/h5-6,13-16,18H,7-12H2,1-4H3;3-4,11-13H,5-10H2,1-2H3. The lowest BCUT2D eigenvalue weighted by atomic mass is 9.99. The van der Waals surface area contributed by atoms with Gasteiger partial charge in [-0.15, -0.1) is 0 Å². The maximum absolute atomic E-state index is 12.1. The summed E-state index contributed by atoms with van der Waals surface area (Å²) in [5.41, 5.74) is 7.28. The van der Waals surface area contributed by atoms with Crippen LogP contribution < -0.4 is 5.56 Å². The molecule has 2 saturated heterocycles. The molecular formula is C41H54BrN5O5. The molecule has 2 fully saturated rings. The molecule has 2 aliphatic rings. The molecule has 0 atom stereocenters. The maximum atomic E-state index is 12.1. The second kappa shape index (κ2) is 17.6. The van der Waals surface area contributed by atoms with E-state index in [1.54, 1.807) is 11.6 Å². The number of pyridine rings is 1. The molecule has 0 aliphatic carbocycles. The Bertz CT molecular complexity index is 1980. The lowest BCUT2D eigenvalue weighted by Gasteiger charge is -2.23. The van der Waals surface area contributed by atoms with E-state index in [1.807, 2.05) is 19.2 Å². The average Bonchev–Trinajstić information content (AvgIpc) is 3.68. The molecule has 52 heavy (non-hydrogen) atoms. The third kappa shape index (κ3) is 9.23. The number of hydrogen-bond donors (Lipinski definition) is 0. The van der Waals surface area contributed by atoms with Gasteiger partial charge in [0.05, 0.1) is 47.5 Å². The number of aromatic nitrogens is 5. The van der Waals surface area contributed by atoms with E-state index in [2.05, 4.69) is 89.2 Å². The summed E-state index contributed by atoms with van der Waals surface area (Å²) >= 11 is 3.57. The molecule has 280 valence electrons. The Morgan fingerprint density at radius 2 is 1.25 bits per heavy atom. The van der Waals surface area contributed by atoms with E-state index in [1.165, 1.54) is 11.3 Å². The Morgan fingerprint density at radius 1 is 0.750 bits per heavy atom. The van der Waals surface area contributed by atoms with E-state index < -0.39 is 0 Å². The quantitative estimate of drug-likeness (QED) is 0.134. The number of rotatable bonds is 11. The van der Waals surface area contributed by atoms with E-state index in [0.29, 0.717) is 25.0 Å². The van der Waals surface area contributed by atoms with Crippen LogP contribution in [0.1, 0.15) is 82.4 Å². The van der Waals surface area contributed by atoms with Crippen LogP contribution in [0.15, 0.2) is 57.9 Å². The topological polar surface area (TPSA) is 94.6 Å². The summed E-state index contributed by atoms with van der Waals surface area (Å²) in [5, 5.41) is 0. The summed E-state index contributed by atoms with van der Waals surface area (Å²) in [7, 11) is 1.80. The van der Waals surface area contributed by atoms with E-state index in [-0.39, 0.29) is 17.8 Å². The molecule has 2 aliphatic heterocycles. The molecule has 0 radical (unpaired) electrons. The summed E-state index contributed by atoms with van der Waals surface area (Å²) in [6, 6.07) is 14.6. The molecule has 0 amide bonds. The van der Waals surface area contributed by atoms with Crippen molar-refractivity contribution in [3.8, 4) is 11.1 Å². The van der Waals surface area contributed by atoms with Gasteiger partial charge in [-0.05, 0) is 108 Å². The molecule has 0 N–H and O–H groups in total. The van der Waals surface area contributed by atoms with Gasteiger partial charge in [-0.2, -0.15) is 0 Å². The van der Waals surface area contributed by atoms with Gasteiger partial charge in [0.1, 0.15) is 11.6 Å². The van der Waals surface area contributed by atoms with Crippen LogP contribution in [-0.4, -0.2) is 75.5 Å². The lowest BCUT2D eigenvalue weighted by Crippen LogP contribution is -2.20. The smallest absolute Gasteiger partial charge is 0.253 e. The second-order valence-corrected chi connectivity index (χ2v) is 15.4. The fourth-order valence-corrected chi connectivity index (χ4v) is 7.58. The van der Waals surface area contributed by atoms with Gasteiger partial charge in [0.15, 0.2) is 0 Å². The van der Waals surface area contributed by atoms with E-state index in [0.717, 1.165) is 109 Å². The van der Waals surface area contributed by atoms with Crippen molar-refractivity contribution in [3.63, 3.8) is 0 Å². The fraction of sp³-hybridized carbons (Fsp3) is 0.537. The number of hydrogen-bond acceptors (Lipinski definition) is 7. The van der Waals surface area contributed by atoms with Crippen LogP contribution in [0.3, 0.4) is 0 Å². The zero-order valence-corrected chi connectivity index (χ0v) is 33.2. The van der Waals surface area contributed by atoms with Crippen LogP contribution in [0.25, 0.3) is 33.2 Å². The zero-order chi connectivity index (χ0) is 36.8. The highest BCUT2D eigenvalue weighted by Crippen LogP contribution is 2.33. The Balaban J connectivity index is 0.000000187. The number of imidazole rings is 2. The molecule has 3 aromatic heterocycles. The first-order valence-electron chi connectivity index (χ1n) is 18.8. The van der Waals surface area contributed by atoms with Crippen molar-refractivity contribution in [2.45, 2.75) is 97.4 Å². The molecule has 2 aromatic carbocycles. The Hall–Kier alpha value is -3.35. The highest BCUT2D eigenvalue weighted by atomic mass is 79.9. The van der Waals surface area contributed by atoms with E-state index >= 15 is 0 Å². The molecule has 0 saturated carbocycles. The van der Waals surface area contributed by atoms with Crippen molar-refractivity contribution in [3.05, 3.63) is 80.7 Å². The minimum atomic E-state index is 0.0394. The normalized spacial score (nSPS) is 15.9. The third-order valence-electron chi connectivity index (χ3n) is 9.92. The van der Waals surface area contributed by atoms with Crippen molar-refractivity contribution < 1.29 is 18.9 Å². The molecular weight excluding hydrogens is 722 g/mol. The van der Waals surface area contributed by atoms with Gasteiger partial charge in [-0.1, -0.05) is 22.0 Å². The second-order valence-electron chi connectivity index (χ2n) is 14.5. The first kappa shape index (κ1) is 38.4. The number of halogens is 1. The van der Waals surface area contributed by atoms with Crippen molar-refractivity contribution in [2.75, 3.05) is 39.6 Å². The zero-order valence-electron chi connectivity index (χ0n) is 31.6. The van der Waals surface area contributed by atoms with E-state index in [9.17, 15) is 4.79 Å². The first-order chi connectivity index (χ1) is 25.1. The Labute approximate surface area is 315 Å². The molecule has 5 heterocycles. The summed E-state index contributed by atoms with van der Waals surface area (Å²) in [4.78, 5) is 22.0. The van der Waals surface area contributed by atoms with Gasteiger partial charge in [-0.3, -0.25) is 4.79 Å². The Morgan fingerprint density at radius 3 is 1.75 bits per heavy atom. The molecule has 10 nitrogen and oxygen atoms in total. The predicted octanol–water partition coefficient (Wildman–Crippen LogP) is 8.15. The maximum Gasteiger partial charge on any atom is 0.253 e. The average molecular weight is 777 g/mol. The first-order valence-corrected chi connectivity index (χ1v) is 19.6. The summed E-state index contributed by atoms with van der Waals surface area (Å²) in [6.45, 7) is 16.4. The van der Waals surface area contributed by atoms with Gasteiger partial charge in [-0.25, -0.2) is 9.97 Å². The van der Waals surface area contributed by atoms with Gasteiger partial charge in [0.25, 0.3) is 5.56 Å². The minimum absolute atomic E-state index is 0.0394. The van der Waals surface area contributed by atoms with Crippen LogP contribution in [-0.2, 0) is 39.1 Å². The SMILES string of the molecule is CC(C)OCCn1c(C2CCOCC2)nc2ccc(Br)cc21.Cc1cc(-c2ccc3nc(C4CCOCC4)n(CCOC(C)C)c3c2)cn(C)c1=O. The van der Waals surface area contributed by atoms with Crippen molar-refractivity contribution in [1.29, 1.82) is 0 Å². The molecule has 5 aromatic rings. The molecule has 11 heteroatoms. The molecule has 7 rings (SSSR count). The fourth-order valence-electron chi connectivity index (χ4n) is 7.24. The van der Waals surface area contributed by atoms with Gasteiger partial charge < -0.3 is 32.6 Å². The van der Waals surface area contributed by atoms with Crippen molar-refractivity contribution >= 4 is 38.0 Å². The molecule has 0 unspecified atom stereocenters. The van der Waals surface area contributed by atoms with Crippen molar-refractivity contribution in [2.24, 2.45) is 7.05 Å². The third-order valence-corrected chi connectivity index (χ3v) is 10.4. The highest BCUT2D eigenvalue weighted by molar-refractivity contribution is 9.10. The molecule has 0 bridgehead atoms. The lowest BCUT2D eigenvalue weighted by molar-refractivity contribution is 0.0694. The number of nitrogens with zero attached hydrogens (tertiary/aromatic N) is 5. The largest absolute Gasteiger partial charge is 0.381 e. The van der Waals surface area contributed by atoms with Crippen LogP contribution in [0.2, 0.25) is 0 Å². The van der Waals surface area contributed by atoms with Crippen LogP contribution in [0.4, 0.5) is 0 Å². The predicted molar refractivity (Wildman–Crippen MR) is 210 cm³/mol. The van der Waals surface area contributed by atoms with Crippen LogP contribution in [0, 0.1) is 6.92 Å². The number of ether oxygens (including phenoxy) is 4. The summed E-state index contributed by atoms with van der Waals surface area (Å²) in [6.07, 6.45) is 6.47. The number of aryl methyl sites for hydroxylation is 2. The highest BCUT2D eigenvalue weighted by Gasteiger charge is 2.24. The monoisotopic (exact) mass is 775 g/mol. The van der Waals surface area contributed by atoms with Gasteiger partial charge in [0.2, 0.25) is 0 Å². The van der Waals surface area contributed by atoms with Gasteiger partial charge in [0, 0.05) is 74.6 Å². The number of fused-ring (bicyclic) bond motifs is 2. The van der Waals surface area contributed by atoms with Crippen molar-refractivity contribution in [1.82, 2.24) is 23.7 Å². The van der Waals surface area contributed by atoms with Gasteiger partial charge >= 0.3 is 0 Å². The minimum Gasteiger partial charge on any atom is -0.381 e. The van der Waals surface area contributed by atoms with Crippen LogP contribution in [0.5, 0.6) is 0 Å². The van der Waals surface area contributed by atoms with E-state index in [4.69, 9.17) is 28.9 Å². The Kier molecular flexibility index (Phi) is 13.0. The summed E-state index contributed by atoms with van der Waals surface area (Å²) in [5.74, 6) is 3.21.